The molecule has 0 aliphatic carbocycles. The second kappa shape index (κ2) is 12.5. The van der Waals surface area contributed by atoms with E-state index >= 15 is 0 Å². The molecule has 0 bridgehead atoms. The highest BCUT2D eigenvalue weighted by atomic mass is 79.9. The quantitative estimate of drug-likeness (QED) is 0.774. The molecule has 0 heterocycles. The van der Waals surface area contributed by atoms with Gasteiger partial charge in [0.1, 0.15) is 5.82 Å². The first-order valence-electron chi connectivity index (χ1n) is 6.66. The fourth-order valence-corrected chi connectivity index (χ4v) is 1.55. The van der Waals surface area contributed by atoms with Gasteiger partial charge >= 0.3 is 0 Å². The van der Waals surface area contributed by atoms with Crippen molar-refractivity contribution in [1.29, 1.82) is 0 Å². The Bertz CT molecular complexity index is 489. The maximum absolute atomic E-state index is 12.3. The molecule has 0 radical (unpaired) electrons. The average molecular weight is 356 g/mol. The van der Waals surface area contributed by atoms with E-state index in [0.717, 1.165) is 16.6 Å². The second-order valence-corrected chi connectivity index (χ2v) is 4.99. The van der Waals surface area contributed by atoms with E-state index in [-0.39, 0.29) is 5.82 Å². The van der Waals surface area contributed by atoms with Crippen LogP contribution in [0.5, 0.6) is 0 Å². The van der Waals surface area contributed by atoms with Crippen molar-refractivity contribution < 1.29 is 4.39 Å². The summed E-state index contributed by atoms with van der Waals surface area (Å²) in [5.41, 5.74) is 17.5. The van der Waals surface area contributed by atoms with Crippen LogP contribution in [0.2, 0.25) is 0 Å². The summed E-state index contributed by atoms with van der Waals surface area (Å²) in [5.74, 6) is -0.224. The molecule has 0 saturated carbocycles. The molecule has 0 aromatic heterocycles. The predicted molar refractivity (Wildman–Crippen MR) is 91.1 cm³/mol. The minimum Gasteiger partial charge on any atom is -0.331 e. The molecule has 3 nitrogen and oxygen atoms in total. The molecule has 0 saturated heterocycles. The molecule has 0 unspecified atom stereocenters. The summed E-state index contributed by atoms with van der Waals surface area (Å²) in [5, 5.41) is 0. The Labute approximate surface area is 134 Å². The zero-order valence-corrected chi connectivity index (χ0v) is 13.8. The molecule has 21 heavy (non-hydrogen) atoms. The number of hydrogen-bond donors (Lipinski definition) is 3. The van der Waals surface area contributed by atoms with Crippen LogP contribution in [0.25, 0.3) is 0 Å². The van der Waals surface area contributed by atoms with Crippen LogP contribution in [0.15, 0.2) is 53.0 Å². The molecular formula is C16H23BrFN3. The van der Waals surface area contributed by atoms with Gasteiger partial charge in [-0.15, -0.1) is 0 Å². The lowest BCUT2D eigenvalue weighted by molar-refractivity contribution is 0.625. The van der Waals surface area contributed by atoms with Crippen LogP contribution in [-0.2, 0) is 13.1 Å². The number of hydrogen-bond acceptors (Lipinski definition) is 3. The van der Waals surface area contributed by atoms with E-state index in [1.54, 1.807) is 12.1 Å². The van der Waals surface area contributed by atoms with Gasteiger partial charge in [0, 0.05) is 17.6 Å². The summed E-state index contributed by atoms with van der Waals surface area (Å²) in [6, 6.07) is 14.3. The molecule has 2 aromatic rings. The van der Waals surface area contributed by atoms with Gasteiger partial charge in [0.05, 0.1) is 0 Å². The Kier molecular flexibility index (Phi) is 11.7. The Morgan fingerprint density at radius 1 is 0.905 bits per heavy atom. The van der Waals surface area contributed by atoms with Crippen molar-refractivity contribution in [2.45, 2.75) is 20.0 Å². The van der Waals surface area contributed by atoms with Crippen LogP contribution in [0, 0.1) is 5.82 Å². The third-order valence-corrected chi connectivity index (χ3v) is 2.80. The molecule has 6 N–H and O–H groups in total. The Morgan fingerprint density at radius 3 is 1.81 bits per heavy atom. The summed E-state index contributed by atoms with van der Waals surface area (Å²) >= 11 is 3.33. The van der Waals surface area contributed by atoms with E-state index in [1.165, 1.54) is 17.7 Å². The SMILES string of the molecule is CCN.NCc1ccc(Br)cc1.NCc1cccc(F)c1. The molecule has 0 fully saturated rings. The molecule has 5 heteroatoms. The van der Waals surface area contributed by atoms with Crippen LogP contribution in [-0.4, -0.2) is 6.54 Å². The van der Waals surface area contributed by atoms with E-state index < -0.39 is 0 Å². The lowest BCUT2D eigenvalue weighted by Gasteiger charge is -1.93. The number of rotatable bonds is 2. The van der Waals surface area contributed by atoms with Gasteiger partial charge in [0.15, 0.2) is 0 Å². The Hall–Kier alpha value is -1.27. The third-order valence-electron chi connectivity index (χ3n) is 2.27. The molecule has 0 amide bonds. The topological polar surface area (TPSA) is 78.1 Å². The first kappa shape index (κ1) is 19.7. The lowest BCUT2D eigenvalue weighted by Crippen LogP contribution is -1.95. The maximum atomic E-state index is 12.3. The first-order valence-corrected chi connectivity index (χ1v) is 7.45. The van der Waals surface area contributed by atoms with E-state index in [2.05, 4.69) is 15.9 Å². The van der Waals surface area contributed by atoms with Crippen molar-refractivity contribution in [1.82, 2.24) is 0 Å². The van der Waals surface area contributed by atoms with Gasteiger partial charge in [-0.05, 0) is 41.9 Å². The molecule has 0 atom stereocenters. The highest BCUT2D eigenvalue weighted by molar-refractivity contribution is 9.10. The normalized spacial score (nSPS) is 9.05. The number of benzene rings is 2. The monoisotopic (exact) mass is 355 g/mol. The van der Waals surface area contributed by atoms with Crippen molar-refractivity contribution in [3.05, 3.63) is 69.9 Å². The molecule has 0 aliphatic rings. The number of halogens is 2. The van der Waals surface area contributed by atoms with E-state index in [1.807, 2.05) is 31.2 Å². The molecule has 116 valence electrons. The first-order chi connectivity index (χ1) is 10.1. The van der Waals surface area contributed by atoms with Gasteiger partial charge in [-0.2, -0.15) is 0 Å². The minimum atomic E-state index is -0.224. The summed E-state index contributed by atoms with van der Waals surface area (Å²) in [7, 11) is 0. The fraction of sp³-hybridized carbons (Fsp3) is 0.250. The smallest absolute Gasteiger partial charge is 0.123 e. The van der Waals surface area contributed by atoms with Gasteiger partial charge < -0.3 is 17.2 Å². The highest BCUT2D eigenvalue weighted by Gasteiger charge is 1.89. The van der Waals surface area contributed by atoms with Gasteiger partial charge in [-0.25, -0.2) is 4.39 Å². The lowest BCUT2D eigenvalue weighted by atomic mass is 10.2. The van der Waals surface area contributed by atoms with Crippen LogP contribution < -0.4 is 17.2 Å². The van der Waals surface area contributed by atoms with Crippen molar-refractivity contribution in [3.63, 3.8) is 0 Å². The van der Waals surface area contributed by atoms with Crippen LogP contribution >= 0.6 is 15.9 Å². The second-order valence-electron chi connectivity index (χ2n) is 4.07. The number of nitrogens with two attached hydrogens (primary N) is 3. The van der Waals surface area contributed by atoms with Crippen LogP contribution in [0.4, 0.5) is 4.39 Å². The molecular weight excluding hydrogens is 333 g/mol. The third kappa shape index (κ3) is 10.1. The van der Waals surface area contributed by atoms with Gasteiger partial charge in [0.25, 0.3) is 0 Å². The van der Waals surface area contributed by atoms with Crippen LogP contribution in [0.3, 0.4) is 0 Å². The van der Waals surface area contributed by atoms with Crippen molar-refractivity contribution >= 4 is 15.9 Å². The highest BCUT2D eigenvalue weighted by Crippen LogP contribution is 2.09. The van der Waals surface area contributed by atoms with E-state index in [0.29, 0.717) is 13.1 Å². The minimum absolute atomic E-state index is 0.224. The van der Waals surface area contributed by atoms with Gasteiger partial charge in [-0.3, -0.25) is 0 Å². The molecule has 2 aromatic carbocycles. The van der Waals surface area contributed by atoms with Crippen molar-refractivity contribution in [2.24, 2.45) is 17.2 Å². The molecule has 2 rings (SSSR count). The van der Waals surface area contributed by atoms with Crippen LogP contribution in [0.1, 0.15) is 18.1 Å². The van der Waals surface area contributed by atoms with Gasteiger partial charge in [0.2, 0.25) is 0 Å². The zero-order valence-electron chi connectivity index (χ0n) is 12.2. The van der Waals surface area contributed by atoms with E-state index in [9.17, 15) is 4.39 Å². The van der Waals surface area contributed by atoms with Crippen molar-refractivity contribution in [2.75, 3.05) is 6.54 Å². The summed E-state index contributed by atoms with van der Waals surface area (Å²) < 4.78 is 13.4. The average Bonchev–Trinajstić information content (AvgIpc) is 2.49. The standard InChI is InChI=1S/C7H8BrN.C7H8FN.C2H7N/c8-7-3-1-6(5-9)2-4-7;8-7-3-1-2-6(4-7)5-9;1-2-3/h2*1-4H,5,9H2;2-3H2,1H3. The maximum Gasteiger partial charge on any atom is 0.123 e. The predicted octanol–water partition coefficient (Wildman–Crippen LogP) is 3.16. The summed E-state index contributed by atoms with van der Waals surface area (Å²) in [6.07, 6.45) is 0. The summed E-state index contributed by atoms with van der Waals surface area (Å²) in [4.78, 5) is 0. The fourth-order valence-electron chi connectivity index (χ4n) is 1.28. The largest absolute Gasteiger partial charge is 0.331 e. The molecule has 0 spiro atoms. The Morgan fingerprint density at radius 2 is 1.43 bits per heavy atom. The Balaban J connectivity index is 0.000000322. The molecule has 0 aliphatic heterocycles. The van der Waals surface area contributed by atoms with E-state index in [4.69, 9.17) is 17.2 Å². The summed E-state index contributed by atoms with van der Waals surface area (Å²) in [6.45, 7) is 3.67. The van der Waals surface area contributed by atoms with Crippen molar-refractivity contribution in [3.8, 4) is 0 Å². The van der Waals surface area contributed by atoms with Gasteiger partial charge in [-0.1, -0.05) is 47.1 Å². The zero-order chi connectivity index (χ0) is 16.1.